The number of benzene rings is 1. The highest BCUT2D eigenvalue weighted by atomic mass is 32.2. The van der Waals surface area contributed by atoms with Crippen molar-refractivity contribution in [3.05, 3.63) is 60.6 Å². The number of nitrogens with zero attached hydrogens (tertiary/aromatic N) is 2. The van der Waals surface area contributed by atoms with E-state index in [1.165, 1.54) is 0 Å². The predicted molar refractivity (Wildman–Crippen MR) is 119 cm³/mol. The third kappa shape index (κ3) is 7.59. The molecule has 3 aromatic rings. The van der Waals surface area contributed by atoms with E-state index in [1.807, 2.05) is 36.4 Å². The molecule has 0 unspecified atom stereocenters. The standard InChI is InChI=1S/C21H25N5O4S/c22-31(28,29)25-12-4-1-2-9-20(27)26-19-14-18(13-16-7-6-11-24-21(16)19)30-15-17-8-3-5-10-23-17/h3,5-8,10-11,13-14,25H,1-2,4,9,12,15H2,(H,26,27)(H2,22,28,29). The van der Waals surface area contributed by atoms with Crippen LogP contribution in [0.4, 0.5) is 5.69 Å². The van der Waals surface area contributed by atoms with Crippen LogP contribution in [0, 0.1) is 0 Å². The maximum atomic E-state index is 12.4. The van der Waals surface area contributed by atoms with E-state index in [1.54, 1.807) is 18.5 Å². The fourth-order valence-corrected chi connectivity index (χ4v) is 3.43. The Morgan fingerprint density at radius 3 is 2.65 bits per heavy atom. The molecule has 31 heavy (non-hydrogen) atoms. The molecule has 0 fully saturated rings. The van der Waals surface area contributed by atoms with E-state index in [2.05, 4.69) is 20.0 Å². The minimum absolute atomic E-state index is 0.145. The summed E-state index contributed by atoms with van der Waals surface area (Å²) in [4.78, 5) is 21.0. The first-order valence-corrected chi connectivity index (χ1v) is 11.4. The van der Waals surface area contributed by atoms with Gasteiger partial charge in [0.15, 0.2) is 0 Å². The van der Waals surface area contributed by atoms with Crippen molar-refractivity contribution in [2.45, 2.75) is 32.3 Å². The van der Waals surface area contributed by atoms with Crippen molar-refractivity contribution in [2.75, 3.05) is 11.9 Å². The summed E-state index contributed by atoms with van der Waals surface area (Å²) in [5.41, 5.74) is 2.06. The van der Waals surface area contributed by atoms with Crippen molar-refractivity contribution >= 4 is 32.7 Å². The zero-order chi connectivity index (χ0) is 22.1. The lowest BCUT2D eigenvalue weighted by atomic mass is 10.1. The second-order valence-electron chi connectivity index (χ2n) is 6.95. The van der Waals surface area contributed by atoms with E-state index in [0.717, 1.165) is 11.1 Å². The van der Waals surface area contributed by atoms with Gasteiger partial charge in [-0.05, 0) is 37.1 Å². The number of hydrogen-bond acceptors (Lipinski definition) is 6. The molecule has 0 aliphatic rings. The van der Waals surface area contributed by atoms with Crippen LogP contribution in [0.25, 0.3) is 10.9 Å². The Kier molecular flexibility index (Phi) is 7.88. The molecule has 0 spiro atoms. The summed E-state index contributed by atoms with van der Waals surface area (Å²) in [5, 5.41) is 8.64. The lowest BCUT2D eigenvalue weighted by Crippen LogP contribution is -2.31. The molecule has 1 aromatic carbocycles. The van der Waals surface area contributed by atoms with Crippen LogP contribution in [0.15, 0.2) is 54.9 Å². The Labute approximate surface area is 181 Å². The Morgan fingerprint density at radius 2 is 1.87 bits per heavy atom. The Morgan fingerprint density at radius 1 is 1.03 bits per heavy atom. The molecule has 1 amide bonds. The number of nitrogens with one attached hydrogen (secondary N) is 2. The van der Waals surface area contributed by atoms with Crippen LogP contribution in [0.5, 0.6) is 5.75 Å². The first-order valence-electron chi connectivity index (χ1n) is 9.89. The molecule has 3 rings (SSSR count). The van der Waals surface area contributed by atoms with Crippen LogP contribution in [0.3, 0.4) is 0 Å². The third-order valence-electron chi connectivity index (χ3n) is 4.45. The molecule has 0 saturated carbocycles. The number of hydrogen-bond donors (Lipinski definition) is 3. The Bertz CT molecular complexity index is 1120. The van der Waals surface area contributed by atoms with Crippen LogP contribution in [-0.2, 0) is 21.6 Å². The summed E-state index contributed by atoms with van der Waals surface area (Å²) < 4.78 is 29.7. The number of unbranched alkanes of at least 4 members (excludes halogenated alkanes) is 2. The molecule has 10 heteroatoms. The van der Waals surface area contributed by atoms with Crippen molar-refractivity contribution < 1.29 is 17.9 Å². The minimum Gasteiger partial charge on any atom is -0.487 e. The second kappa shape index (κ2) is 10.8. The number of amides is 1. The number of pyridine rings is 2. The van der Waals surface area contributed by atoms with Crippen molar-refractivity contribution in [2.24, 2.45) is 5.14 Å². The first-order chi connectivity index (χ1) is 14.9. The van der Waals surface area contributed by atoms with Gasteiger partial charge in [-0.3, -0.25) is 14.8 Å². The Hall–Kier alpha value is -3.08. The van der Waals surface area contributed by atoms with Gasteiger partial charge in [-0.1, -0.05) is 18.6 Å². The van der Waals surface area contributed by atoms with E-state index >= 15 is 0 Å². The number of ether oxygens (including phenoxy) is 1. The molecule has 0 atom stereocenters. The zero-order valence-electron chi connectivity index (χ0n) is 17.0. The van der Waals surface area contributed by atoms with Gasteiger partial charge in [0.05, 0.1) is 16.9 Å². The maximum absolute atomic E-state index is 12.4. The molecular formula is C21H25N5O4S. The topological polar surface area (TPSA) is 136 Å². The molecule has 2 aromatic heterocycles. The summed E-state index contributed by atoms with van der Waals surface area (Å²) in [5.74, 6) is 0.462. The summed E-state index contributed by atoms with van der Waals surface area (Å²) >= 11 is 0. The first kappa shape index (κ1) is 22.6. The van der Waals surface area contributed by atoms with Crippen LogP contribution in [-0.4, -0.2) is 30.8 Å². The van der Waals surface area contributed by atoms with Crippen LogP contribution in [0.2, 0.25) is 0 Å². The average Bonchev–Trinajstić information content (AvgIpc) is 2.75. The average molecular weight is 444 g/mol. The van der Waals surface area contributed by atoms with Crippen molar-refractivity contribution in [1.82, 2.24) is 14.7 Å². The highest BCUT2D eigenvalue weighted by Gasteiger charge is 2.10. The molecule has 0 aliphatic carbocycles. The van der Waals surface area contributed by atoms with E-state index in [4.69, 9.17) is 9.88 Å². The number of carbonyl (C=O) groups excluding carboxylic acids is 1. The van der Waals surface area contributed by atoms with Gasteiger partial charge in [0.2, 0.25) is 5.91 Å². The van der Waals surface area contributed by atoms with Crippen molar-refractivity contribution in [1.29, 1.82) is 0 Å². The zero-order valence-corrected chi connectivity index (χ0v) is 17.8. The van der Waals surface area contributed by atoms with Crippen LogP contribution >= 0.6 is 0 Å². The van der Waals surface area contributed by atoms with Gasteiger partial charge in [-0.2, -0.15) is 8.42 Å². The molecule has 0 bridgehead atoms. The normalized spacial score (nSPS) is 11.4. The highest BCUT2D eigenvalue weighted by Crippen LogP contribution is 2.28. The number of nitrogens with two attached hydrogens (primary N) is 1. The fourth-order valence-electron chi connectivity index (χ4n) is 3.00. The molecule has 9 nitrogen and oxygen atoms in total. The van der Waals surface area contributed by atoms with Gasteiger partial charge in [-0.15, -0.1) is 0 Å². The molecule has 0 aliphatic heterocycles. The number of aromatic nitrogens is 2. The fraction of sp³-hybridized carbons (Fsp3) is 0.286. The molecule has 0 radical (unpaired) electrons. The monoisotopic (exact) mass is 443 g/mol. The molecular weight excluding hydrogens is 418 g/mol. The lowest BCUT2D eigenvalue weighted by Gasteiger charge is -2.12. The third-order valence-corrected chi connectivity index (χ3v) is 5.06. The summed E-state index contributed by atoms with van der Waals surface area (Å²) in [7, 11) is -3.67. The summed E-state index contributed by atoms with van der Waals surface area (Å²) in [6.07, 6.45) is 5.61. The molecule has 0 saturated heterocycles. The number of rotatable bonds is 11. The molecule has 2 heterocycles. The van der Waals surface area contributed by atoms with Gasteiger partial charge >= 0.3 is 0 Å². The highest BCUT2D eigenvalue weighted by molar-refractivity contribution is 7.87. The van der Waals surface area contributed by atoms with Crippen LogP contribution < -0.4 is 19.9 Å². The smallest absolute Gasteiger partial charge is 0.274 e. The largest absolute Gasteiger partial charge is 0.487 e. The van der Waals surface area contributed by atoms with Gasteiger partial charge in [0, 0.05) is 36.8 Å². The number of carbonyl (C=O) groups is 1. The SMILES string of the molecule is NS(=O)(=O)NCCCCCC(=O)Nc1cc(OCc2ccccn2)cc2cccnc12. The van der Waals surface area contributed by atoms with E-state index in [9.17, 15) is 13.2 Å². The van der Waals surface area contributed by atoms with E-state index in [0.29, 0.717) is 49.2 Å². The van der Waals surface area contributed by atoms with Gasteiger partial charge in [0.1, 0.15) is 12.4 Å². The summed E-state index contributed by atoms with van der Waals surface area (Å²) in [6, 6.07) is 13.0. The Balaban J connectivity index is 1.59. The quantitative estimate of drug-likeness (QED) is 0.390. The van der Waals surface area contributed by atoms with Crippen molar-refractivity contribution in [3.63, 3.8) is 0 Å². The maximum Gasteiger partial charge on any atom is 0.274 e. The number of anilines is 1. The number of fused-ring (bicyclic) bond motifs is 1. The lowest BCUT2D eigenvalue weighted by molar-refractivity contribution is -0.116. The minimum atomic E-state index is -3.67. The molecule has 4 N–H and O–H groups in total. The second-order valence-corrected chi connectivity index (χ2v) is 8.33. The molecule has 164 valence electrons. The van der Waals surface area contributed by atoms with E-state index < -0.39 is 10.2 Å². The van der Waals surface area contributed by atoms with E-state index in [-0.39, 0.29) is 12.5 Å². The van der Waals surface area contributed by atoms with Gasteiger partial charge in [0.25, 0.3) is 10.2 Å². The van der Waals surface area contributed by atoms with Gasteiger partial charge in [-0.25, -0.2) is 9.86 Å². The summed E-state index contributed by atoms with van der Waals surface area (Å²) in [6.45, 7) is 0.567. The van der Waals surface area contributed by atoms with Crippen LogP contribution in [0.1, 0.15) is 31.4 Å². The predicted octanol–water partition coefficient (Wildman–Crippen LogP) is 2.50. The van der Waals surface area contributed by atoms with Crippen molar-refractivity contribution in [3.8, 4) is 5.75 Å². The van der Waals surface area contributed by atoms with Gasteiger partial charge < -0.3 is 10.1 Å².